The van der Waals surface area contributed by atoms with Crippen molar-refractivity contribution in [1.29, 1.82) is 0 Å². The summed E-state index contributed by atoms with van der Waals surface area (Å²) < 4.78 is 0. The molecule has 0 radical (unpaired) electrons. The van der Waals surface area contributed by atoms with Gasteiger partial charge in [-0.1, -0.05) is 19.1 Å². The summed E-state index contributed by atoms with van der Waals surface area (Å²) >= 11 is 0. The van der Waals surface area contributed by atoms with Crippen molar-refractivity contribution in [3.63, 3.8) is 0 Å². The van der Waals surface area contributed by atoms with Gasteiger partial charge in [-0.05, 0) is 30.0 Å². The highest BCUT2D eigenvalue weighted by atomic mass is 16.2. The number of aryl methyl sites for hydroxylation is 1. The average Bonchev–Trinajstić information content (AvgIpc) is 2.32. The number of primary amides is 1. The molecule has 0 spiro atoms. The molecule has 90 valence electrons. The third-order valence-electron chi connectivity index (χ3n) is 3.31. The summed E-state index contributed by atoms with van der Waals surface area (Å²) in [6.45, 7) is 2.07. The lowest BCUT2D eigenvalue weighted by atomic mass is 9.90. The van der Waals surface area contributed by atoms with Gasteiger partial charge >= 0.3 is 0 Å². The van der Waals surface area contributed by atoms with E-state index in [4.69, 9.17) is 5.73 Å². The number of nitrogens with two attached hydrogens (primary N) is 1. The SMILES string of the molecule is CCc1ccc2c(c1)CC(C(N)=O)C(=O)N2C. The highest BCUT2D eigenvalue weighted by Crippen LogP contribution is 2.30. The van der Waals surface area contributed by atoms with E-state index in [1.54, 1.807) is 7.05 Å². The summed E-state index contributed by atoms with van der Waals surface area (Å²) in [6.07, 6.45) is 1.36. The number of hydrogen-bond acceptors (Lipinski definition) is 2. The van der Waals surface area contributed by atoms with Gasteiger partial charge < -0.3 is 10.6 Å². The molecule has 2 N–H and O–H groups in total. The van der Waals surface area contributed by atoms with Crippen molar-refractivity contribution in [2.75, 3.05) is 11.9 Å². The number of anilines is 1. The molecule has 1 aromatic carbocycles. The minimum Gasteiger partial charge on any atom is -0.369 e. The first-order valence-electron chi connectivity index (χ1n) is 5.73. The van der Waals surface area contributed by atoms with Crippen molar-refractivity contribution in [3.05, 3.63) is 29.3 Å². The van der Waals surface area contributed by atoms with Crippen LogP contribution in [0.3, 0.4) is 0 Å². The molecule has 2 rings (SSSR count). The van der Waals surface area contributed by atoms with E-state index in [0.717, 1.165) is 17.7 Å². The summed E-state index contributed by atoms with van der Waals surface area (Å²) in [5.41, 5.74) is 8.37. The minimum absolute atomic E-state index is 0.214. The number of carbonyl (C=O) groups excluding carboxylic acids is 2. The van der Waals surface area contributed by atoms with Gasteiger partial charge in [0.2, 0.25) is 11.8 Å². The second-order valence-electron chi connectivity index (χ2n) is 4.37. The van der Waals surface area contributed by atoms with Gasteiger partial charge in [-0.2, -0.15) is 0 Å². The van der Waals surface area contributed by atoms with Gasteiger partial charge in [-0.25, -0.2) is 0 Å². The maximum absolute atomic E-state index is 11.9. The van der Waals surface area contributed by atoms with E-state index in [1.165, 1.54) is 10.5 Å². The topological polar surface area (TPSA) is 63.4 Å². The molecule has 1 unspecified atom stereocenters. The molecule has 0 aliphatic carbocycles. The van der Waals surface area contributed by atoms with Crippen molar-refractivity contribution in [1.82, 2.24) is 0 Å². The Balaban J connectivity index is 2.45. The highest BCUT2D eigenvalue weighted by molar-refractivity contribution is 6.09. The fraction of sp³-hybridized carbons (Fsp3) is 0.385. The Kier molecular flexibility index (Phi) is 2.88. The molecule has 1 atom stereocenters. The Hall–Kier alpha value is -1.84. The van der Waals surface area contributed by atoms with Crippen molar-refractivity contribution < 1.29 is 9.59 Å². The Morgan fingerprint density at radius 3 is 2.82 bits per heavy atom. The Labute approximate surface area is 100 Å². The lowest BCUT2D eigenvalue weighted by Gasteiger charge is -2.30. The van der Waals surface area contributed by atoms with Crippen LogP contribution in [-0.2, 0) is 22.4 Å². The molecule has 0 fully saturated rings. The van der Waals surface area contributed by atoms with Crippen LogP contribution in [0.25, 0.3) is 0 Å². The minimum atomic E-state index is -0.723. The second-order valence-corrected chi connectivity index (χ2v) is 4.37. The van der Waals surface area contributed by atoms with Gasteiger partial charge in [-0.3, -0.25) is 9.59 Å². The summed E-state index contributed by atoms with van der Waals surface area (Å²) in [5, 5.41) is 0. The molecular formula is C13H16N2O2. The van der Waals surface area contributed by atoms with Crippen LogP contribution in [0, 0.1) is 5.92 Å². The van der Waals surface area contributed by atoms with Crippen LogP contribution in [0.4, 0.5) is 5.69 Å². The van der Waals surface area contributed by atoms with Gasteiger partial charge in [0.05, 0.1) is 0 Å². The molecule has 1 aromatic rings. The third kappa shape index (κ3) is 1.90. The lowest BCUT2D eigenvalue weighted by molar-refractivity contribution is -0.132. The molecular weight excluding hydrogens is 216 g/mol. The summed E-state index contributed by atoms with van der Waals surface area (Å²) in [7, 11) is 1.68. The third-order valence-corrected chi connectivity index (χ3v) is 3.31. The number of nitrogens with zero attached hydrogens (tertiary/aromatic N) is 1. The fourth-order valence-corrected chi connectivity index (χ4v) is 2.23. The largest absolute Gasteiger partial charge is 0.369 e. The van der Waals surface area contributed by atoms with E-state index in [2.05, 4.69) is 6.92 Å². The molecule has 0 saturated carbocycles. The fourth-order valence-electron chi connectivity index (χ4n) is 2.23. The first-order chi connectivity index (χ1) is 8.04. The molecule has 0 aromatic heterocycles. The molecule has 1 aliphatic rings. The summed E-state index contributed by atoms with van der Waals surface area (Å²) in [4.78, 5) is 24.7. The quantitative estimate of drug-likeness (QED) is 0.769. The number of rotatable bonds is 2. The number of fused-ring (bicyclic) bond motifs is 1. The van der Waals surface area contributed by atoms with Gasteiger partial charge in [0, 0.05) is 12.7 Å². The zero-order valence-corrected chi connectivity index (χ0v) is 10.1. The van der Waals surface area contributed by atoms with E-state index in [-0.39, 0.29) is 5.91 Å². The predicted molar refractivity (Wildman–Crippen MR) is 65.6 cm³/mol. The van der Waals surface area contributed by atoms with Crippen LogP contribution in [-0.4, -0.2) is 18.9 Å². The molecule has 1 aliphatic heterocycles. The Bertz CT molecular complexity index is 482. The van der Waals surface area contributed by atoms with Crippen molar-refractivity contribution in [2.45, 2.75) is 19.8 Å². The molecule has 4 nitrogen and oxygen atoms in total. The zero-order chi connectivity index (χ0) is 12.6. The first kappa shape index (κ1) is 11.6. The van der Waals surface area contributed by atoms with Crippen LogP contribution in [0.5, 0.6) is 0 Å². The molecule has 2 amide bonds. The molecule has 17 heavy (non-hydrogen) atoms. The first-order valence-corrected chi connectivity index (χ1v) is 5.73. The van der Waals surface area contributed by atoms with Gasteiger partial charge in [0.1, 0.15) is 5.92 Å². The van der Waals surface area contributed by atoms with Gasteiger partial charge in [0.25, 0.3) is 0 Å². The van der Waals surface area contributed by atoms with E-state index in [9.17, 15) is 9.59 Å². The van der Waals surface area contributed by atoms with Crippen molar-refractivity contribution in [3.8, 4) is 0 Å². The van der Waals surface area contributed by atoms with Crippen LogP contribution in [0.15, 0.2) is 18.2 Å². The maximum atomic E-state index is 11.9. The van der Waals surface area contributed by atoms with Crippen LogP contribution >= 0.6 is 0 Å². The van der Waals surface area contributed by atoms with E-state index in [0.29, 0.717) is 6.42 Å². The molecule has 0 bridgehead atoms. The number of carbonyl (C=O) groups is 2. The Morgan fingerprint density at radius 1 is 1.53 bits per heavy atom. The normalized spacial score (nSPS) is 19.1. The number of hydrogen-bond donors (Lipinski definition) is 1. The van der Waals surface area contributed by atoms with Crippen LogP contribution in [0.2, 0.25) is 0 Å². The molecule has 1 heterocycles. The van der Waals surface area contributed by atoms with Crippen LogP contribution < -0.4 is 10.6 Å². The van der Waals surface area contributed by atoms with Crippen molar-refractivity contribution >= 4 is 17.5 Å². The smallest absolute Gasteiger partial charge is 0.239 e. The second kappa shape index (κ2) is 4.20. The summed E-state index contributed by atoms with van der Waals surface area (Å²) in [6, 6.07) is 5.99. The van der Waals surface area contributed by atoms with E-state index >= 15 is 0 Å². The summed E-state index contributed by atoms with van der Waals surface area (Å²) in [5.74, 6) is -1.48. The predicted octanol–water partition coefficient (Wildman–Crippen LogP) is 0.869. The van der Waals surface area contributed by atoms with Crippen LogP contribution in [0.1, 0.15) is 18.1 Å². The standard InChI is InChI=1S/C13H16N2O2/c1-3-8-4-5-11-9(6-8)7-10(12(14)16)13(17)15(11)2/h4-6,10H,3,7H2,1-2H3,(H2,14,16). The monoisotopic (exact) mass is 232 g/mol. The molecule has 0 saturated heterocycles. The number of amides is 2. The molecule has 4 heteroatoms. The van der Waals surface area contributed by atoms with E-state index < -0.39 is 11.8 Å². The van der Waals surface area contributed by atoms with Gasteiger partial charge in [0.15, 0.2) is 0 Å². The van der Waals surface area contributed by atoms with Crippen molar-refractivity contribution in [2.24, 2.45) is 11.7 Å². The highest BCUT2D eigenvalue weighted by Gasteiger charge is 2.34. The maximum Gasteiger partial charge on any atom is 0.239 e. The Morgan fingerprint density at radius 2 is 2.24 bits per heavy atom. The average molecular weight is 232 g/mol. The zero-order valence-electron chi connectivity index (χ0n) is 10.1. The lowest BCUT2D eigenvalue weighted by Crippen LogP contribution is -2.44. The van der Waals surface area contributed by atoms with E-state index in [1.807, 2.05) is 18.2 Å². The number of benzene rings is 1. The van der Waals surface area contributed by atoms with Gasteiger partial charge in [-0.15, -0.1) is 0 Å².